The molecular weight excluding hydrogens is 322 g/mol. The van der Waals surface area contributed by atoms with Crippen LogP contribution in [0.4, 0.5) is 8.78 Å². The Morgan fingerprint density at radius 1 is 0.960 bits per heavy atom. The fourth-order valence-corrected chi connectivity index (χ4v) is 2.67. The van der Waals surface area contributed by atoms with Crippen LogP contribution in [0.1, 0.15) is 31.0 Å². The molecule has 0 aromatic heterocycles. The first-order chi connectivity index (χ1) is 12.0. The highest BCUT2D eigenvalue weighted by Crippen LogP contribution is 2.21. The number of amides is 1. The first-order valence-corrected chi connectivity index (χ1v) is 8.45. The van der Waals surface area contributed by atoms with Gasteiger partial charge in [-0.05, 0) is 47.7 Å². The number of carbonyl (C=O) groups excluding carboxylic acids is 1. The quantitative estimate of drug-likeness (QED) is 0.767. The number of hydrogen-bond donors (Lipinski definition) is 2. The molecular formula is C20H24F2N2O. The molecule has 0 saturated heterocycles. The van der Waals surface area contributed by atoms with Crippen LogP contribution in [-0.2, 0) is 11.2 Å². The lowest BCUT2D eigenvalue weighted by molar-refractivity contribution is -0.120. The van der Waals surface area contributed by atoms with Crippen molar-refractivity contribution in [2.75, 3.05) is 13.1 Å². The van der Waals surface area contributed by atoms with Crippen molar-refractivity contribution in [1.82, 2.24) is 10.6 Å². The Balaban J connectivity index is 1.78. The highest BCUT2D eigenvalue weighted by Gasteiger charge is 2.16. The highest BCUT2D eigenvalue weighted by molar-refractivity contribution is 5.78. The van der Waals surface area contributed by atoms with E-state index < -0.39 is 0 Å². The lowest BCUT2D eigenvalue weighted by Crippen LogP contribution is -2.38. The highest BCUT2D eigenvalue weighted by atomic mass is 19.1. The number of nitrogens with one attached hydrogen (secondary N) is 2. The molecule has 1 amide bonds. The third-order valence-electron chi connectivity index (χ3n) is 4.03. The van der Waals surface area contributed by atoms with Crippen molar-refractivity contribution in [3.63, 3.8) is 0 Å². The standard InChI is InChI=1S/C20H24F2N2O/c1-14(2)20(16-5-9-18(22)10-6-16)24-13-19(25)23-12-11-15-3-7-17(21)8-4-15/h3-10,14,20,24H,11-13H2,1-2H3,(H,23,25)/t20-/m0/s1. The molecule has 0 fully saturated rings. The smallest absolute Gasteiger partial charge is 0.233 e. The molecule has 2 aromatic carbocycles. The zero-order chi connectivity index (χ0) is 18.2. The number of carbonyl (C=O) groups is 1. The van der Waals surface area contributed by atoms with Gasteiger partial charge in [0, 0.05) is 12.6 Å². The maximum atomic E-state index is 13.1. The summed E-state index contributed by atoms with van der Waals surface area (Å²) >= 11 is 0. The maximum absolute atomic E-state index is 13.1. The van der Waals surface area contributed by atoms with Gasteiger partial charge in [-0.25, -0.2) is 8.78 Å². The van der Waals surface area contributed by atoms with Gasteiger partial charge in [0.25, 0.3) is 0 Å². The Labute approximate surface area is 147 Å². The van der Waals surface area contributed by atoms with E-state index in [0.717, 1.165) is 11.1 Å². The Kier molecular flexibility index (Phi) is 7.07. The second-order valence-electron chi connectivity index (χ2n) is 6.38. The second kappa shape index (κ2) is 9.28. The van der Waals surface area contributed by atoms with Gasteiger partial charge in [0.15, 0.2) is 0 Å². The number of rotatable bonds is 8. The molecule has 2 rings (SSSR count). The molecule has 0 aliphatic rings. The maximum Gasteiger partial charge on any atom is 0.233 e. The van der Waals surface area contributed by atoms with E-state index >= 15 is 0 Å². The van der Waals surface area contributed by atoms with Crippen LogP contribution in [0.5, 0.6) is 0 Å². The predicted octanol–water partition coefficient (Wildman–Crippen LogP) is 3.61. The lowest BCUT2D eigenvalue weighted by Gasteiger charge is -2.22. The molecule has 0 spiro atoms. The van der Waals surface area contributed by atoms with Crippen LogP contribution >= 0.6 is 0 Å². The average molecular weight is 346 g/mol. The van der Waals surface area contributed by atoms with Gasteiger partial charge in [0.05, 0.1) is 6.54 Å². The van der Waals surface area contributed by atoms with Crippen LogP contribution < -0.4 is 10.6 Å². The Morgan fingerprint density at radius 3 is 2.08 bits per heavy atom. The van der Waals surface area contributed by atoms with E-state index in [-0.39, 0.29) is 36.0 Å². The number of benzene rings is 2. The van der Waals surface area contributed by atoms with Crippen molar-refractivity contribution in [2.45, 2.75) is 26.3 Å². The van der Waals surface area contributed by atoms with Gasteiger partial charge < -0.3 is 10.6 Å². The van der Waals surface area contributed by atoms with Gasteiger partial charge in [-0.3, -0.25) is 4.79 Å². The van der Waals surface area contributed by atoms with Crippen molar-refractivity contribution < 1.29 is 13.6 Å². The minimum absolute atomic E-state index is 0.0246. The van der Waals surface area contributed by atoms with Crippen LogP contribution in [0.2, 0.25) is 0 Å². The SMILES string of the molecule is CC(C)[C@H](NCC(=O)NCCc1ccc(F)cc1)c1ccc(F)cc1. The summed E-state index contributed by atoms with van der Waals surface area (Å²) in [6, 6.07) is 12.5. The van der Waals surface area contributed by atoms with Crippen molar-refractivity contribution in [1.29, 1.82) is 0 Å². The molecule has 134 valence electrons. The topological polar surface area (TPSA) is 41.1 Å². The third-order valence-corrected chi connectivity index (χ3v) is 4.03. The molecule has 0 heterocycles. The molecule has 0 radical (unpaired) electrons. The number of hydrogen-bond acceptors (Lipinski definition) is 2. The summed E-state index contributed by atoms with van der Waals surface area (Å²) < 4.78 is 25.9. The Morgan fingerprint density at radius 2 is 1.52 bits per heavy atom. The molecule has 1 atom stereocenters. The van der Waals surface area contributed by atoms with Crippen LogP contribution in [0.15, 0.2) is 48.5 Å². The number of halogens is 2. The van der Waals surface area contributed by atoms with E-state index in [1.165, 1.54) is 24.3 Å². The van der Waals surface area contributed by atoms with E-state index in [0.29, 0.717) is 13.0 Å². The van der Waals surface area contributed by atoms with Crippen LogP contribution in [0.25, 0.3) is 0 Å². The van der Waals surface area contributed by atoms with E-state index in [4.69, 9.17) is 0 Å². The summed E-state index contributed by atoms with van der Waals surface area (Å²) in [7, 11) is 0. The van der Waals surface area contributed by atoms with E-state index in [1.54, 1.807) is 24.3 Å². The Bertz CT molecular complexity index is 669. The summed E-state index contributed by atoms with van der Waals surface area (Å²) in [6.45, 7) is 4.78. The molecule has 5 heteroatoms. The second-order valence-corrected chi connectivity index (χ2v) is 6.38. The summed E-state index contributed by atoms with van der Waals surface area (Å²) in [4.78, 5) is 12.0. The minimum Gasteiger partial charge on any atom is -0.355 e. The molecule has 0 aliphatic carbocycles. The normalized spacial score (nSPS) is 12.2. The van der Waals surface area contributed by atoms with E-state index in [9.17, 15) is 13.6 Å². The van der Waals surface area contributed by atoms with Crippen molar-refractivity contribution in [2.24, 2.45) is 5.92 Å². The van der Waals surface area contributed by atoms with Crippen LogP contribution in [0.3, 0.4) is 0 Å². The van der Waals surface area contributed by atoms with Gasteiger partial charge in [-0.1, -0.05) is 38.1 Å². The van der Waals surface area contributed by atoms with Gasteiger partial charge >= 0.3 is 0 Å². The van der Waals surface area contributed by atoms with Crippen molar-refractivity contribution in [3.8, 4) is 0 Å². The molecule has 3 nitrogen and oxygen atoms in total. The average Bonchev–Trinajstić information content (AvgIpc) is 2.58. The Hall–Kier alpha value is -2.27. The van der Waals surface area contributed by atoms with Gasteiger partial charge in [-0.15, -0.1) is 0 Å². The molecule has 0 aliphatic heterocycles. The van der Waals surface area contributed by atoms with E-state index in [2.05, 4.69) is 10.6 Å². The summed E-state index contributed by atoms with van der Waals surface area (Å²) in [5.74, 6) is -0.380. The molecule has 0 bridgehead atoms. The van der Waals surface area contributed by atoms with Crippen molar-refractivity contribution in [3.05, 3.63) is 71.3 Å². The van der Waals surface area contributed by atoms with Crippen molar-refractivity contribution >= 4 is 5.91 Å². The van der Waals surface area contributed by atoms with Gasteiger partial charge in [0.2, 0.25) is 5.91 Å². The summed E-state index contributed by atoms with van der Waals surface area (Å²) in [5, 5.41) is 6.07. The minimum atomic E-state index is -0.273. The van der Waals surface area contributed by atoms with Crippen LogP contribution in [0, 0.1) is 17.6 Å². The molecule has 2 N–H and O–H groups in total. The summed E-state index contributed by atoms with van der Waals surface area (Å²) in [5.41, 5.74) is 1.93. The molecule has 0 saturated carbocycles. The fraction of sp³-hybridized carbons (Fsp3) is 0.350. The van der Waals surface area contributed by atoms with Gasteiger partial charge in [-0.2, -0.15) is 0 Å². The zero-order valence-electron chi connectivity index (χ0n) is 14.6. The molecule has 25 heavy (non-hydrogen) atoms. The largest absolute Gasteiger partial charge is 0.355 e. The molecule has 0 unspecified atom stereocenters. The fourth-order valence-electron chi connectivity index (χ4n) is 2.67. The zero-order valence-corrected chi connectivity index (χ0v) is 14.6. The first kappa shape index (κ1) is 19.1. The molecule has 2 aromatic rings. The monoisotopic (exact) mass is 346 g/mol. The van der Waals surface area contributed by atoms with Crippen LogP contribution in [-0.4, -0.2) is 19.0 Å². The van der Waals surface area contributed by atoms with Gasteiger partial charge in [0.1, 0.15) is 11.6 Å². The lowest BCUT2D eigenvalue weighted by atomic mass is 9.96. The van der Waals surface area contributed by atoms with E-state index in [1.807, 2.05) is 13.8 Å². The first-order valence-electron chi connectivity index (χ1n) is 8.45. The summed E-state index contributed by atoms with van der Waals surface area (Å²) in [6.07, 6.45) is 0.650. The predicted molar refractivity (Wildman–Crippen MR) is 95.1 cm³/mol. The third kappa shape index (κ3) is 6.27.